The van der Waals surface area contributed by atoms with Crippen LogP contribution in [0.3, 0.4) is 0 Å². The van der Waals surface area contributed by atoms with E-state index in [1.54, 1.807) is 13.8 Å². The van der Waals surface area contributed by atoms with Crippen LogP contribution in [0.15, 0.2) is 36.4 Å². The number of hydrogen-bond donors (Lipinski definition) is 2. The Bertz CT molecular complexity index is 573. The number of hydrogen-bond acceptors (Lipinski definition) is 3. The van der Waals surface area contributed by atoms with Crippen LogP contribution in [0.2, 0.25) is 0 Å². The second kappa shape index (κ2) is 6.25. The Balaban J connectivity index is 2.36. The van der Waals surface area contributed by atoms with Crippen LogP contribution in [0.25, 0.3) is 10.8 Å². The summed E-state index contributed by atoms with van der Waals surface area (Å²) in [5.74, 6) is 0.840. The minimum absolute atomic E-state index is 0.282. The smallest absolute Gasteiger partial charge is 0.124 e. The molecule has 0 aromatic heterocycles. The van der Waals surface area contributed by atoms with Gasteiger partial charge in [-0.2, -0.15) is 0 Å². The summed E-state index contributed by atoms with van der Waals surface area (Å²) in [6.07, 6.45) is 0. The number of fused-ring (bicyclic) bond motifs is 1. The zero-order valence-electron chi connectivity index (χ0n) is 12.4. The Labute approximate surface area is 120 Å². The molecule has 3 nitrogen and oxygen atoms in total. The van der Waals surface area contributed by atoms with Gasteiger partial charge in [-0.15, -0.1) is 0 Å². The number of nitrogens with one attached hydrogen (secondary N) is 1. The molecule has 0 aliphatic rings. The van der Waals surface area contributed by atoms with E-state index in [0.717, 1.165) is 24.4 Å². The molecule has 2 aromatic rings. The van der Waals surface area contributed by atoms with Gasteiger partial charge in [-0.25, -0.2) is 0 Å². The lowest BCUT2D eigenvalue weighted by Gasteiger charge is -2.20. The van der Waals surface area contributed by atoms with E-state index in [0.29, 0.717) is 0 Å². The molecular formula is C17H23NO2. The quantitative estimate of drug-likeness (QED) is 0.850. The van der Waals surface area contributed by atoms with Gasteiger partial charge in [0.25, 0.3) is 0 Å². The molecule has 0 spiro atoms. The highest BCUT2D eigenvalue weighted by Gasteiger charge is 2.15. The van der Waals surface area contributed by atoms with E-state index in [-0.39, 0.29) is 6.61 Å². The SMILES string of the molecule is CCNCc1c(OCC(C)(C)O)ccc2ccccc12. The van der Waals surface area contributed by atoms with E-state index >= 15 is 0 Å². The summed E-state index contributed by atoms with van der Waals surface area (Å²) in [6.45, 7) is 7.54. The zero-order chi connectivity index (χ0) is 14.6. The van der Waals surface area contributed by atoms with Crippen molar-refractivity contribution in [2.75, 3.05) is 13.2 Å². The molecule has 0 saturated carbocycles. The first-order valence-corrected chi connectivity index (χ1v) is 7.08. The lowest BCUT2D eigenvalue weighted by Crippen LogP contribution is -2.28. The molecule has 0 heterocycles. The van der Waals surface area contributed by atoms with Crippen molar-refractivity contribution in [1.82, 2.24) is 5.32 Å². The molecule has 2 aromatic carbocycles. The third-order valence-corrected chi connectivity index (χ3v) is 3.13. The molecule has 0 radical (unpaired) electrons. The molecule has 2 rings (SSSR count). The fourth-order valence-corrected chi connectivity index (χ4v) is 2.14. The Morgan fingerprint density at radius 2 is 1.90 bits per heavy atom. The molecule has 2 N–H and O–H groups in total. The molecule has 0 saturated heterocycles. The van der Waals surface area contributed by atoms with Crippen LogP contribution in [0.1, 0.15) is 26.3 Å². The first-order chi connectivity index (χ1) is 9.51. The van der Waals surface area contributed by atoms with Crippen molar-refractivity contribution in [2.45, 2.75) is 32.9 Å². The summed E-state index contributed by atoms with van der Waals surface area (Å²) in [7, 11) is 0. The molecule has 108 valence electrons. The summed E-state index contributed by atoms with van der Waals surface area (Å²) < 4.78 is 5.82. The van der Waals surface area contributed by atoms with Gasteiger partial charge in [-0.3, -0.25) is 0 Å². The Kier molecular flexibility index (Phi) is 4.63. The second-order valence-electron chi connectivity index (χ2n) is 5.64. The maximum atomic E-state index is 9.82. The van der Waals surface area contributed by atoms with E-state index in [9.17, 15) is 5.11 Å². The Hall–Kier alpha value is -1.58. The third-order valence-electron chi connectivity index (χ3n) is 3.13. The number of ether oxygens (including phenoxy) is 1. The van der Waals surface area contributed by atoms with Crippen LogP contribution in [0, 0.1) is 0 Å². The molecule has 3 heteroatoms. The Morgan fingerprint density at radius 3 is 2.60 bits per heavy atom. The highest BCUT2D eigenvalue weighted by molar-refractivity contribution is 5.87. The maximum absolute atomic E-state index is 9.82. The standard InChI is InChI=1S/C17H23NO2/c1-4-18-11-15-14-8-6-5-7-13(14)9-10-16(15)20-12-17(2,3)19/h5-10,18-19H,4,11-12H2,1-3H3. The van der Waals surface area contributed by atoms with Gasteiger partial charge < -0.3 is 15.2 Å². The monoisotopic (exact) mass is 273 g/mol. The highest BCUT2D eigenvalue weighted by Crippen LogP contribution is 2.28. The van der Waals surface area contributed by atoms with Crippen LogP contribution >= 0.6 is 0 Å². The first kappa shape index (κ1) is 14.8. The zero-order valence-corrected chi connectivity index (χ0v) is 12.4. The van der Waals surface area contributed by atoms with Gasteiger partial charge in [0.2, 0.25) is 0 Å². The molecule has 0 aliphatic heterocycles. The van der Waals surface area contributed by atoms with E-state index in [1.165, 1.54) is 10.8 Å². The van der Waals surface area contributed by atoms with Gasteiger partial charge in [0, 0.05) is 12.1 Å². The van der Waals surface area contributed by atoms with E-state index in [2.05, 4.69) is 30.4 Å². The van der Waals surface area contributed by atoms with Crippen molar-refractivity contribution in [2.24, 2.45) is 0 Å². The van der Waals surface area contributed by atoms with Gasteiger partial charge in [0.05, 0.1) is 5.60 Å². The fourth-order valence-electron chi connectivity index (χ4n) is 2.14. The second-order valence-corrected chi connectivity index (χ2v) is 5.64. The normalized spacial score (nSPS) is 11.8. The van der Waals surface area contributed by atoms with Crippen LogP contribution in [-0.4, -0.2) is 23.9 Å². The van der Waals surface area contributed by atoms with Crippen molar-refractivity contribution >= 4 is 10.8 Å². The predicted molar refractivity (Wildman–Crippen MR) is 83.1 cm³/mol. The topological polar surface area (TPSA) is 41.5 Å². The van der Waals surface area contributed by atoms with Crippen molar-refractivity contribution in [1.29, 1.82) is 0 Å². The molecule has 0 unspecified atom stereocenters. The molecule has 0 atom stereocenters. The largest absolute Gasteiger partial charge is 0.490 e. The van der Waals surface area contributed by atoms with E-state index < -0.39 is 5.60 Å². The molecule has 0 aliphatic carbocycles. The fraction of sp³-hybridized carbons (Fsp3) is 0.412. The van der Waals surface area contributed by atoms with Crippen molar-refractivity contribution in [3.8, 4) is 5.75 Å². The minimum Gasteiger partial charge on any atom is -0.490 e. The van der Waals surface area contributed by atoms with Gasteiger partial charge >= 0.3 is 0 Å². The van der Waals surface area contributed by atoms with Gasteiger partial charge in [-0.1, -0.05) is 37.3 Å². The van der Waals surface area contributed by atoms with Crippen LogP contribution < -0.4 is 10.1 Å². The summed E-state index contributed by atoms with van der Waals surface area (Å²) in [4.78, 5) is 0. The highest BCUT2D eigenvalue weighted by atomic mass is 16.5. The minimum atomic E-state index is -0.832. The van der Waals surface area contributed by atoms with Gasteiger partial charge in [0.15, 0.2) is 0 Å². The van der Waals surface area contributed by atoms with Crippen LogP contribution in [0.5, 0.6) is 5.75 Å². The maximum Gasteiger partial charge on any atom is 0.124 e. The summed E-state index contributed by atoms with van der Waals surface area (Å²) in [6, 6.07) is 12.3. The Morgan fingerprint density at radius 1 is 1.15 bits per heavy atom. The summed E-state index contributed by atoms with van der Waals surface area (Å²) in [5.41, 5.74) is 0.315. The lowest BCUT2D eigenvalue weighted by molar-refractivity contribution is 0.0282. The third kappa shape index (κ3) is 3.71. The van der Waals surface area contributed by atoms with Gasteiger partial charge in [0.1, 0.15) is 12.4 Å². The van der Waals surface area contributed by atoms with Crippen molar-refractivity contribution in [3.63, 3.8) is 0 Å². The van der Waals surface area contributed by atoms with Crippen LogP contribution in [0.4, 0.5) is 0 Å². The molecule has 0 amide bonds. The van der Waals surface area contributed by atoms with E-state index in [4.69, 9.17) is 4.74 Å². The lowest BCUT2D eigenvalue weighted by atomic mass is 10.0. The number of aliphatic hydroxyl groups is 1. The first-order valence-electron chi connectivity index (χ1n) is 7.08. The van der Waals surface area contributed by atoms with Crippen molar-refractivity contribution < 1.29 is 9.84 Å². The molecular weight excluding hydrogens is 250 g/mol. The summed E-state index contributed by atoms with van der Waals surface area (Å²) in [5, 5.41) is 15.6. The molecule has 20 heavy (non-hydrogen) atoms. The molecule has 0 bridgehead atoms. The summed E-state index contributed by atoms with van der Waals surface area (Å²) >= 11 is 0. The molecule has 0 fully saturated rings. The number of benzene rings is 2. The van der Waals surface area contributed by atoms with Gasteiger partial charge in [-0.05, 0) is 37.2 Å². The predicted octanol–water partition coefficient (Wildman–Crippen LogP) is 3.10. The van der Waals surface area contributed by atoms with Crippen molar-refractivity contribution in [3.05, 3.63) is 42.0 Å². The average molecular weight is 273 g/mol. The number of rotatable bonds is 6. The van der Waals surface area contributed by atoms with Crippen LogP contribution in [-0.2, 0) is 6.54 Å². The van der Waals surface area contributed by atoms with E-state index in [1.807, 2.05) is 18.2 Å². The average Bonchev–Trinajstić information content (AvgIpc) is 2.42.